The summed E-state index contributed by atoms with van der Waals surface area (Å²) in [4.78, 5) is 33.6. The summed E-state index contributed by atoms with van der Waals surface area (Å²) in [5.41, 5.74) is 2.14. The molecule has 0 aromatic heterocycles. The molecular formula is C15H8O5. The Bertz CT molecular complexity index is 743. The van der Waals surface area contributed by atoms with Crippen LogP contribution in [0.25, 0.3) is 11.1 Å². The second kappa shape index (κ2) is 4.31. The van der Waals surface area contributed by atoms with E-state index in [2.05, 4.69) is 4.74 Å². The summed E-state index contributed by atoms with van der Waals surface area (Å²) < 4.78 is 4.52. The minimum atomic E-state index is -1.00. The molecule has 0 atom stereocenters. The van der Waals surface area contributed by atoms with Gasteiger partial charge in [0, 0.05) is 0 Å². The fourth-order valence-corrected chi connectivity index (χ4v) is 2.07. The number of benzene rings is 2. The maximum absolute atomic E-state index is 11.5. The molecule has 2 aromatic carbocycles. The monoisotopic (exact) mass is 268 g/mol. The second-order valence-electron chi connectivity index (χ2n) is 4.32. The standard InChI is InChI=1S/C15H8O5/c16-13(17)9-3-1-8(2-4-9)10-5-6-11-12(7-10)15(19)20-14(11)18/h1-7H,(H,16,17). The number of hydrogen-bond acceptors (Lipinski definition) is 4. The molecule has 0 unspecified atom stereocenters. The molecule has 20 heavy (non-hydrogen) atoms. The van der Waals surface area contributed by atoms with E-state index in [1.165, 1.54) is 18.2 Å². The number of carbonyl (C=O) groups excluding carboxylic acids is 2. The van der Waals surface area contributed by atoms with E-state index < -0.39 is 17.9 Å². The number of ether oxygens (including phenoxy) is 1. The first kappa shape index (κ1) is 12.1. The Kier molecular flexibility index (Phi) is 2.61. The van der Waals surface area contributed by atoms with Crippen molar-refractivity contribution >= 4 is 17.9 Å². The maximum atomic E-state index is 11.5. The van der Waals surface area contributed by atoms with Gasteiger partial charge in [0.1, 0.15) is 0 Å². The van der Waals surface area contributed by atoms with Gasteiger partial charge in [-0.3, -0.25) is 0 Å². The van der Waals surface area contributed by atoms with Gasteiger partial charge in [-0.05, 0) is 35.4 Å². The lowest BCUT2D eigenvalue weighted by Gasteiger charge is -2.03. The molecule has 2 aromatic rings. The molecule has 3 rings (SSSR count). The van der Waals surface area contributed by atoms with Gasteiger partial charge < -0.3 is 9.84 Å². The van der Waals surface area contributed by atoms with Crippen molar-refractivity contribution in [2.24, 2.45) is 0 Å². The third kappa shape index (κ3) is 1.85. The summed E-state index contributed by atoms with van der Waals surface area (Å²) in [6, 6.07) is 11.0. The minimum Gasteiger partial charge on any atom is -0.478 e. The van der Waals surface area contributed by atoms with Gasteiger partial charge in [0.2, 0.25) is 0 Å². The highest BCUT2D eigenvalue weighted by molar-refractivity contribution is 6.15. The SMILES string of the molecule is O=C(O)c1ccc(-c2ccc3c(c2)C(=O)OC3=O)cc1. The quantitative estimate of drug-likeness (QED) is 0.668. The summed E-state index contributed by atoms with van der Waals surface area (Å²) in [5.74, 6) is -2.30. The Labute approximate surface area is 113 Å². The third-order valence-electron chi connectivity index (χ3n) is 3.11. The van der Waals surface area contributed by atoms with Crippen molar-refractivity contribution in [1.29, 1.82) is 0 Å². The van der Waals surface area contributed by atoms with Gasteiger partial charge in [0.15, 0.2) is 0 Å². The lowest BCUT2D eigenvalue weighted by molar-refractivity contribution is 0.0443. The van der Waals surface area contributed by atoms with Crippen molar-refractivity contribution in [2.45, 2.75) is 0 Å². The van der Waals surface area contributed by atoms with E-state index in [0.717, 1.165) is 5.56 Å². The van der Waals surface area contributed by atoms with Crippen LogP contribution in [0.1, 0.15) is 31.1 Å². The highest BCUT2D eigenvalue weighted by Gasteiger charge is 2.29. The van der Waals surface area contributed by atoms with Crippen molar-refractivity contribution in [2.75, 3.05) is 0 Å². The van der Waals surface area contributed by atoms with Crippen molar-refractivity contribution in [3.63, 3.8) is 0 Å². The summed E-state index contributed by atoms with van der Waals surface area (Å²) in [6.45, 7) is 0. The van der Waals surface area contributed by atoms with Gasteiger partial charge in [-0.2, -0.15) is 0 Å². The molecule has 1 N–H and O–H groups in total. The number of carbonyl (C=O) groups is 3. The van der Waals surface area contributed by atoms with Crippen LogP contribution in [-0.4, -0.2) is 23.0 Å². The normalized spacial score (nSPS) is 13.0. The predicted molar refractivity (Wildman–Crippen MR) is 68.6 cm³/mol. The molecule has 0 spiro atoms. The zero-order valence-corrected chi connectivity index (χ0v) is 10.1. The Balaban J connectivity index is 2.03. The molecule has 1 heterocycles. The highest BCUT2D eigenvalue weighted by atomic mass is 16.6. The summed E-state index contributed by atoms with van der Waals surface area (Å²) in [6.07, 6.45) is 0. The van der Waals surface area contributed by atoms with Crippen LogP contribution in [0.15, 0.2) is 42.5 Å². The first-order valence-electron chi connectivity index (χ1n) is 5.80. The number of fused-ring (bicyclic) bond motifs is 1. The molecule has 5 heteroatoms. The summed E-state index contributed by atoms with van der Waals surface area (Å²) in [7, 11) is 0. The minimum absolute atomic E-state index is 0.185. The van der Waals surface area contributed by atoms with Crippen LogP contribution in [0.4, 0.5) is 0 Å². The molecule has 98 valence electrons. The van der Waals surface area contributed by atoms with E-state index in [4.69, 9.17) is 5.11 Å². The van der Waals surface area contributed by atoms with Gasteiger partial charge >= 0.3 is 17.9 Å². The van der Waals surface area contributed by atoms with Gasteiger partial charge in [0.25, 0.3) is 0 Å². The maximum Gasteiger partial charge on any atom is 0.346 e. The fourth-order valence-electron chi connectivity index (χ4n) is 2.07. The van der Waals surface area contributed by atoms with Crippen LogP contribution in [0.2, 0.25) is 0 Å². The zero-order valence-electron chi connectivity index (χ0n) is 10.1. The zero-order chi connectivity index (χ0) is 14.3. The van der Waals surface area contributed by atoms with Crippen LogP contribution in [0.3, 0.4) is 0 Å². The number of aromatic carboxylic acids is 1. The Morgan fingerprint density at radius 2 is 1.45 bits per heavy atom. The average Bonchev–Trinajstić information content (AvgIpc) is 2.74. The van der Waals surface area contributed by atoms with Crippen molar-refractivity contribution in [3.05, 3.63) is 59.2 Å². The number of rotatable bonds is 2. The number of carboxylic acid groups (broad SMARTS) is 1. The van der Waals surface area contributed by atoms with E-state index in [-0.39, 0.29) is 16.7 Å². The van der Waals surface area contributed by atoms with Crippen LogP contribution in [-0.2, 0) is 4.74 Å². The number of cyclic esters (lactones) is 2. The molecule has 0 bridgehead atoms. The number of esters is 2. The summed E-state index contributed by atoms with van der Waals surface area (Å²) >= 11 is 0. The fraction of sp³-hybridized carbons (Fsp3) is 0. The van der Waals surface area contributed by atoms with Gasteiger partial charge in [0.05, 0.1) is 16.7 Å². The van der Waals surface area contributed by atoms with Gasteiger partial charge in [-0.1, -0.05) is 18.2 Å². The van der Waals surface area contributed by atoms with E-state index in [0.29, 0.717) is 5.56 Å². The van der Waals surface area contributed by atoms with Gasteiger partial charge in [-0.25, -0.2) is 14.4 Å². The molecule has 0 saturated heterocycles. The van der Waals surface area contributed by atoms with E-state index in [9.17, 15) is 14.4 Å². The molecular weight excluding hydrogens is 260 g/mol. The smallest absolute Gasteiger partial charge is 0.346 e. The lowest BCUT2D eigenvalue weighted by Crippen LogP contribution is -1.97. The Morgan fingerprint density at radius 3 is 2.10 bits per heavy atom. The van der Waals surface area contributed by atoms with E-state index >= 15 is 0 Å². The lowest BCUT2D eigenvalue weighted by atomic mass is 9.99. The Hall–Kier alpha value is -2.95. The second-order valence-corrected chi connectivity index (χ2v) is 4.32. The first-order chi connectivity index (χ1) is 9.56. The largest absolute Gasteiger partial charge is 0.478 e. The number of hydrogen-bond donors (Lipinski definition) is 1. The number of carboxylic acids is 1. The van der Waals surface area contributed by atoms with Crippen LogP contribution < -0.4 is 0 Å². The first-order valence-corrected chi connectivity index (χ1v) is 5.80. The molecule has 0 aliphatic carbocycles. The molecule has 0 fully saturated rings. The third-order valence-corrected chi connectivity index (χ3v) is 3.11. The topological polar surface area (TPSA) is 80.7 Å². The molecule has 5 nitrogen and oxygen atoms in total. The van der Waals surface area contributed by atoms with Gasteiger partial charge in [-0.15, -0.1) is 0 Å². The highest BCUT2D eigenvalue weighted by Crippen LogP contribution is 2.27. The molecule has 0 amide bonds. The van der Waals surface area contributed by atoms with Crippen LogP contribution in [0.5, 0.6) is 0 Å². The predicted octanol–water partition coefficient (Wildman–Crippen LogP) is 2.36. The summed E-state index contributed by atoms with van der Waals surface area (Å²) in [5, 5.41) is 8.84. The van der Waals surface area contributed by atoms with E-state index in [1.807, 2.05) is 0 Å². The molecule has 0 saturated carbocycles. The van der Waals surface area contributed by atoms with E-state index in [1.54, 1.807) is 24.3 Å². The molecule has 0 radical (unpaired) electrons. The van der Waals surface area contributed by atoms with Crippen molar-refractivity contribution < 1.29 is 24.2 Å². The average molecular weight is 268 g/mol. The molecule has 1 aliphatic rings. The molecule has 1 aliphatic heterocycles. The van der Waals surface area contributed by atoms with Crippen molar-refractivity contribution in [3.8, 4) is 11.1 Å². The van der Waals surface area contributed by atoms with Crippen LogP contribution in [0, 0.1) is 0 Å². The van der Waals surface area contributed by atoms with Crippen LogP contribution >= 0.6 is 0 Å². The Morgan fingerprint density at radius 1 is 0.850 bits per heavy atom. The van der Waals surface area contributed by atoms with Crippen molar-refractivity contribution in [1.82, 2.24) is 0 Å².